The molecule has 30 heavy (non-hydrogen) atoms. The van der Waals surface area contributed by atoms with Gasteiger partial charge in [0.05, 0.1) is 6.21 Å². The number of aromatic nitrogens is 3. The Hall–Kier alpha value is -3.10. The van der Waals surface area contributed by atoms with E-state index in [2.05, 4.69) is 20.3 Å². The number of nitrogens with one attached hydrogen (secondary N) is 1. The molecule has 0 unspecified atom stereocenters. The summed E-state index contributed by atoms with van der Waals surface area (Å²) < 4.78 is 0. The molecule has 0 radical (unpaired) electrons. The van der Waals surface area contributed by atoms with Gasteiger partial charge in [-0.25, -0.2) is 0 Å². The third kappa shape index (κ3) is 4.39. The van der Waals surface area contributed by atoms with E-state index >= 15 is 0 Å². The largest absolute Gasteiger partial charge is 0.368 e. The van der Waals surface area contributed by atoms with Gasteiger partial charge in [-0.15, -0.1) is 9.89 Å². The minimum atomic E-state index is -0.595. The fourth-order valence-corrected chi connectivity index (χ4v) is 3.48. The van der Waals surface area contributed by atoms with Crippen LogP contribution in [0.2, 0.25) is 10.0 Å². The van der Waals surface area contributed by atoms with E-state index in [9.17, 15) is 9.59 Å². The fourth-order valence-electron chi connectivity index (χ4n) is 3.17. The SMILES string of the molecule is O=C(c1n[nH]n(N=Cc2ccc(Cl)cc2)c1=O)N1CCN(c2cccc(Cl)c2)CC1. The van der Waals surface area contributed by atoms with Gasteiger partial charge < -0.3 is 9.80 Å². The number of halogens is 2. The molecule has 2 aromatic carbocycles. The summed E-state index contributed by atoms with van der Waals surface area (Å²) in [6, 6.07) is 14.6. The molecule has 0 atom stereocenters. The van der Waals surface area contributed by atoms with Gasteiger partial charge in [-0.3, -0.25) is 9.59 Å². The maximum absolute atomic E-state index is 12.8. The number of hydrogen-bond acceptors (Lipinski definition) is 5. The number of anilines is 1. The van der Waals surface area contributed by atoms with Crippen LogP contribution >= 0.6 is 23.2 Å². The van der Waals surface area contributed by atoms with Crippen molar-refractivity contribution in [3.63, 3.8) is 0 Å². The second-order valence-corrected chi connectivity index (χ2v) is 7.61. The predicted molar refractivity (Wildman–Crippen MR) is 117 cm³/mol. The zero-order chi connectivity index (χ0) is 21.1. The summed E-state index contributed by atoms with van der Waals surface area (Å²) >= 11 is 11.9. The molecule has 0 spiro atoms. The number of piperazine rings is 1. The summed E-state index contributed by atoms with van der Waals surface area (Å²) in [4.78, 5) is 30.0. The number of H-pyrrole nitrogens is 1. The molecule has 1 N–H and O–H groups in total. The number of amides is 1. The van der Waals surface area contributed by atoms with Crippen molar-refractivity contribution in [3.05, 3.63) is 80.2 Å². The summed E-state index contributed by atoms with van der Waals surface area (Å²) in [7, 11) is 0. The van der Waals surface area contributed by atoms with Crippen molar-refractivity contribution in [2.24, 2.45) is 5.10 Å². The average Bonchev–Trinajstić information content (AvgIpc) is 3.13. The van der Waals surface area contributed by atoms with E-state index in [0.717, 1.165) is 16.0 Å². The van der Waals surface area contributed by atoms with E-state index in [4.69, 9.17) is 23.2 Å². The monoisotopic (exact) mass is 444 g/mol. The van der Waals surface area contributed by atoms with Crippen molar-refractivity contribution < 1.29 is 4.79 Å². The number of carbonyl (C=O) groups is 1. The molecule has 1 saturated heterocycles. The van der Waals surface area contributed by atoms with Gasteiger partial charge in [-0.2, -0.15) is 10.3 Å². The number of nitrogens with zero attached hydrogens (tertiary/aromatic N) is 5. The fraction of sp³-hybridized carbons (Fsp3) is 0.200. The highest BCUT2D eigenvalue weighted by molar-refractivity contribution is 6.31. The lowest BCUT2D eigenvalue weighted by atomic mass is 10.2. The molecular weight excluding hydrogens is 427 g/mol. The van der Waals surface area contributed by atoms with Crippen LogP contribution < -0.4 is 10.5 Å². The Labute approximate surface area is 182 Å². The maximum Gasteiger partial charge on any atom is 0.320 e. The number of rotatable bonds is 4. The van der Waals surface area contributed by atoms with Crippen molar-refractivity contribution in [2.45, 2.75) is 0 Å². The van der Waals surface area contributed by atoms with Gasteiger partial charge in [-0.1, -0.05) is 41.4 Å². The molecule has 1 aliphatic heterocycles. The summed E-state index contributed by atoms with van der Waals surface area (Å²) in [6.07, 6.45) is 1.48. The Morgan fingerprint density at radius 1 is 1.03 bits per heavy atom. The van der Waals surface area contributed by atoms with Crippen LogP contribution in [0.4, 0.5) is 5.69 Å². The van der Waals surface area contributed by atoms with Crippen LogP contribution in [0.25, 0.3) is 0 Å². The van der Waals surface area contributed by atoms with E-state index in [1.54, 1.807) is 29.2 Å². The Morgan fingerprint density at radius 3 is 2.47 bits per heavy atom. The summed E-state index contributed by atoms with van der Waals surface area (Å²) in [5.74, 6) is -0.414. The summed E-state index contributed by atoms with van der Waals surface area (Å²) in [5.41, 5.74) is 0.987. The highest BCUT2D eigenvalue weighted by atomic mass is 35.5. The lowest BCUT2D eigenvalue weighted by Gasteiger charge is -2.35. The third-order valence-corrected chi connectivity index (χ3v) is 5.27. The number of carbonyl (C=O) groups excluding carboxylic acids is 1. The Bertz CT molecular complexity index is 1130. The van der Waals surface area contributed by atoms with Crippen LogP contribution in [-0.2, 0) is 0 Å². The molecule has 2 heterocycles. The molecule has 1 aromatic heterocycles. The first-order valence-electron chi connectivity index (χ1n) is 9.28. The van der Waals surface area contributed by atoms with Gasteiger partial charge in [0.1, 0.15) is 0 Å². The topological polar surface area (TPSA) is 86.6 Å². The highest BCUT2D eigenvalue weighted by Gasteiger charge is 2.26. The zero-order valence-electron chi connectivity index (χ0n) is 15.8. The summed E-state index contributed by atoms with van der Waals surface area (Å²) in [6.45, 7) is 2.23. The van der Waals surface area contributed by atoms with Gasteiger partial charge in [0.25, 0.3) is 5.91 Å². The molecule has 1 amide bonds. The van der Waals surface area contributed by atoms with Crippen molar-refractivity contribution in [1.29, 1.82) is 0 Å². The molecule has 1 fully saturated rings. The van der Waals surface area contributed by atoms with Gasteiger partial charge in [-0.05, 0) is 35.9 Å². The van der Waals surface area contributed by atoms with Crippen LogP contribution in [0.15, 0.2) is 58.4 Å². The van der Waals surface area contributed by atoms with Crippen molar-refractivity contribution >= 4 is 41.0 Å². The number of aromatic amines is 1. The zero-order valence-corrected chi connectivity index (χ0v) is 17.3. The molecule has 8 nitrogen and oxygen atoms in total. The molecule has 10 heteroatoms. The highest BCUT2D eigenvalue weighted by Crippen LogP contribution is 2.21. The molecular formula is C20H18Cl2N6O2. The first kappa shape index (κ1) is 20.2. The summed E-state index contributed by atoms with van der Waals surface area (Å²) in [5, 5.41) is 11.7. The lowest BCUT2D eigenvalue weighted by molar-refractivity contribution is 0.0739. The number of hydrogen-bond donors (Lipinski definition) is 1. The quantitative estimate of drug-likeness (QED) is 0.626. The van der Waals surface area contributed by atoms with Crippen LogP contribution in [0.1, 0.15) is 16.1 Å². The smallest absolute Gasteiger partial charge is 0.320 e. The van der Waals surface area contributed by atoms with E-state index in [0.29, 0.717) is 36.2 Å². The van der Waals surface area contributed by atoms with Gasteiger partial charge >= 0.3 is 5.56 Å². The molecule has 3 aromatic rings. The van der Waals surface area contributed by atoms with Gasteiger partial charge in [0.15, 0.2) is 0 Å². The van der Waals surface area contributed by atoms with E-state index in [1.165, 1.54) is 6.21 Å². The third-order valence-electron chi connectivity index (χ3n) is 4.79. The maximum atomic E-state index is 12.8. The van der Waals surface area contributed by atoms with E-state index in [-0.39, 0.29) is 5.69 Å². The Morgan fingerprint density at radius 2 is 1.77 bits per heavy atom. The normalized spacial score (nSPS) is 14.5. The van der Waals surface area contributed by atoms with Crippen molar-refractivity contribution in [1.82, 2.24) is 20.0 Å². The molecule has 154 valence electrons. The van der Waals surface area contributed by atoms with Crippen LogP contribution in [0, 0.1) is 0 Å². The molecule has 0 saturated carbocycles. The predicted octanol–water partition coefficient (Wildman–Crippen LogP) is 2.72. The second kappa shape index (κ2) is 8.73. The minimum Gasteiger partial charge on any atom is -0.368 e. The molecule has 1 aliphatic rings. The average molecular weight is 445 g/mol. The standard InChI is InChI=1S/C20H18Cl2N6O2/c21-15-6-4-14(5-7-15)13-23-28-20(30)18(24-25-28)19(29)27-10-8-26(9-11-27)17-3-1-2-16(22)12-17/h1-7,12-13,25H,8-11H2. The minimum absolute atomic E-state index is 0.181. The van der Waals surface area contributed by atoms with Crippen LogP contribution in [0.5, 0.6) is 0 Å². The lowest BCUT2D eigenvalue weighted by Crippen LogP contribution is -2.49. The molecule has 0 aliphatic carbocycles. The van der Waals surface area contributed by atoms with Gasteiger partial charge in [0.2, 0.25) is 5.69 Å². The molecule has 0 bridgehead atoms. The number of benzene rings is 2. The van der Waals surface area contributed by atoms with Crippen LogP contribution in [0.3, 0.4) is 0 Å². The van der Waals surface area contributed by atoms with E-state index in [1.807, 2.05) is 24.3 Å². The first-order chi connectivity index (χ1) is 14.5. The van der Waals surface area contributed by atoms with Crippen molar-refractivity contribution in [2.75, 3.05) is 31.1 Å². The van der Waals surface area contributed by atoms with Crippen molar-refractivity contribution in [3.8, 4) is 0 Å². The Kier molecular flexibility index (Phi) is 5.87. The Balaban J connectivity index is 1.42. The second-order valence-electron chi connectivity index (χ2n) is 6.73. The molecule has 4 rings (SSSR count). The van der Waals surface area contributed by atoms with E-state index < -0.39 is 11.5 Å². The van der Waals surface area contributed by atoms with Gasteiger partial charge in [0, 0.05) is 41.9 Å². The first-order valence-corrected chi connectivity index (χ1v) is 10.0. The van der Waals surface area contributed by atoms with Crippen LogP contribution in [-0.4, -0.2) is 58.3 Å².